The molecule has 0 spiro atoms. The molecule has 1 N–H and O–H groups in total. The van der Waals surface area contributed by atoms with Gasteiger partial charge in [-0.25, -0.2) is 13.1 Å². The van der Waals surface area contributed by atoms with Crippen molar-refractivity contribution in [2.75, 3.05) is 14.2 Å². The minimum Gasteiger partial charge on any atom is -0.497 e. The molecule has 0 saturated carbocycles. The second-order valence-corrected chi connectivity index (χ2v) is 8.26. The lowest BCUT2D eigenvalue weighted by atomic mass is 9.96. The van der Waals surface area contributed by atoms with Gasteiger partial charge in [-0.2, -0.15) is 0 Å². The fraction of sp³-hybridized carbons (Fsp3) is 0.429. The molecule has 0 radical (unpaired) electrons. The Morgan fingerprint density at radius 2 is 1.56 bits per heavy atom. The molecule has 27 heavy (non-hydrogen) atoms. The molecule has 0 saturated heterocycles. The maximum absolute atomic E-state index is 13.0. The Morgan fingerprint density at radius 1 is 0.926 bits per heavy atom. The minimum absolute atomic E-state index is 0.0685. The fourth-order valence-corrected chi connectivity index (χ4v) is 4.42. The molecule has 0 bridgehead atoms. The van der Waals surface area contributed by atoms with Crippen molar-refractivity contribution in [3.63, 3.8) is 0 Å². The summed E-state index contributed by atoms with van der Waals surface area (Å²) < 4.78 is 39.2. The molecule has 6 heteroatoms. The van der Waals surface area contributed by atoms with Gasteiger partial charge >= 0.3 is 0 Å². The van der Waals surface area contributed by atoms with Gasteiger partial charge in [0.05, 0.1) is 14.2 Å². The van der Waals surface area contributed by atoms with Crippen LogP contribution in [0.25, 0.3) is 0 Å². The summed E-state index contributed by atoms with van der Waals surface area (Å²) >= 11 is 0. The van der Waals surface area contributed by atoms with Crippen molar-refractivity contribution in [1.82, 2.24) is 4.72 Å². The third-order valence-electron chi connectivity index (χ3n) is 4.89. The molecular weight excluding hydrogens is 362 g/mol. The first-order valence-electron chi connectivity index (χ1n) is 9.20. The molecule has 0 aliphatic carbocycles. The Hall–Kier alpha value is -2.05. The third-order valence-corrected chi connectivity index (χ3v) is 6.38. The van der Waals surface area contributed by atoms with Crippen molar-refractivity contribution >= 4 is 10.0 Å². The average molecular weight is 392 g/mol. The number of benzene rings is 2. The van der Waals surface area contributed by atoms with Gasteiger partial charge in [0.15, 0.2) is 0 Å². The van der Waals surface area contributed by atoms with E-state index in [-0.39, 0.29) is 16.7 Å². The largest absolute Gasteiger partial charge is 0.497 e. The van der Waals surface area contributed by atoms with Crippen LogP contribution in [-0.2, 0) is 10.0 Å². The Kier molecular flexibility index (Phi) is 7.27. The van der Waals surface area contributed by atoms with E-state index >= 15 is 0 Å². The van der Waals surface area contributed by atoms with Gasteiger partial charge in [0.25, 0.3) is 0 Å². The highest BCUT2D eigenvalue weighted by Gasteiger charge is 2.24. The van der Waals surface area contributed by atoms with Crippen LogP contribution in [0.3, 0.4) is 0 Å². The summed E-state index contributed by atoms with van der Waals surface area (Å²) in [6.07, 6.45) is 1.70. The molecule has 148 valence electrons. The standard InChI is InChI=1S/C21H29NO4S/c1-6-15(3)16-8-10-17(11-9-16)19(7-2)22-27(23,24)21-14-18(25-4)12-13-20(21)26-5/h8-15,19,22H,6-7H2,1-5H3. The van der Waals surface area contributed by atoms with Gasteiger partial charge in [-0.1, -0.05) is 45.0 Å². The Morgan fingerprint density at radius 3 is 2.07 bits per heavy atom. The molecule has 0 amide bonds. The zero-order chi connectivity index (χ0) is 20.0. The van der Waals surface area contributed by atoms with Gasteiger partial charge in [-0.05, 0) is 42.0 Å². The number of sulfonamides is 1. The van der Waals surface area contributed by atoms with Gasteiger partial charge < -0.3 is 9.47 Å². The first-order valence-corrected chi connectivity index (χ1v) is 10.7. The van der Waals surface area contributed by atoms with Crippen LogP contribution in [0.2, 0.25) is 0 Å². The lowest BCUT2D eigenvalue weighted by molar-refractivity contribution is 0.391. The zero-order valence-electron chi connectivity index (χ0n) is 16.7. The van der Waals surface area contributed by atoms with Crippen LogP contribution in [-0.4, -0.2) is 22.6 Å². The number of rotatable bonds is 9. The van der Waals surface area contributed by atoms with E-state index in [4.69, 9.17) is 9.47 Å². The van der Waals surface area contributed by atoms with Crippen LogP contribution in [0.15, 0.2) is 47.4 Å². The van der Waals surface area contributed by atoms with Crippen molar-refractivity contribution in [1.29, 1.82) is 0 Å². The Bertz CT molecular complexity index is 847. The van der Waals surface area contributed by atoms with Crippen molar-refractivity contribution in [2.24, 2.45) is 0 Å². The second kappa shape index (κ2) is 9.24. The lowest BCUT2D eigenvalue weighted by Crippen LogP contribution is -2.28. The SMILES string of the molecule is CCC(C)c1ccc(C(CC)NS(=O)(=O)c2cc(OC)ccc2OC)cc1. The summed E-state index contributed by atoms with van der Waals surface area (Å²) in [4.78, 5) is 0.0685. The van der Waals surface area contributed by atoms with Gasteiger partial charge in [0.1, 0.15) is 16.4 Å². The molecule has 2 aromatic rings. The van der Waals surface area contributed by atoms with Gasteiger partial charge in [0, 0.05) is 12.1 Å². The molecule has 0 heterocycles. The molecular formula is C21H29NO4S. The number of nitrogens with one attached hydrogen (secondary N) is 1. The molecule has 2 aromatic carbocycles. The summed E-state index contributed by atoms with van der Waals surface area (Å²) in [5, 5.41) is 0. The van der Waals surface area contributed by atoms with Gasteiger partial charge in [-0.15, -0.1) is 0 Å². The van der Waals surface area contributed by atoms with Crippen LogP contribution in [0.5, 0.6) is 11.5 Å². The molecule has 0 fully saturated rings. The lowest BCUT2D eigenvalue weighted by Gasteiger charge is -2.20. The first-order chi connectivity index (χ1) is 12.9. The van der Waals surface area contributed by atoms with E-state index in [0.29, 0.717) is 18.1 Å². The van der Waals surface area contributed by atoms with Crippen molar-refractivity contribution < 1.29 is 17.9 Å². The molecule has 2 unspecified atom stereocenters. The van der Waals surface area contributed by atoms with Crippen LogP contribution in [0.1, 0.15) is 56.7 Å². The van der Waals surface area contributed by atoms with Gasteiger partial charge in [0.2, 0.25) is 10.0 Å². The Labute approximate surface area is 162 Å². The summed E-state index contributed by atoms with van der Waals surface area (Å²) in [6, 6.07) is 12.6. The van der Waals surface area contributed by atoms with E-state index in [9.17, 15) is 8.42 Å². The minimum atomic E-state index is -3.78. The van der Waals surface area contributed by atoms with Crippen LogP contribution < -0.4 is 14.2 Å². The number of ether oxygens (including phenoxy) is 2. The van der Waals surface area contributed by atoms with Gasteiger partial charge in [-0.3, -0.25) is 0 Å². The summed E-state index contributed by atoms with van der Waals surface area (Å²) in [7, 11) is -0.832. The zero-order valence-corrected chi connectivity index (χ0v) is 17.5. The molecule has 0 aliphatic rings. The molecule has 0 aliphatic heterocycles. The van der Waals surface area contributed by atoms with E-state index in [1.807, 2.05) is 19.1 Å². The molecule has 2 atom stereocenters. The molecule has 5 nitrogen and oxygen atoms in total. The average Bonchev–Trinajstić information content (AvgIpc) is 2.71. The predicted molar refractivity (Wildman–Crippen MR) is 108 cm³/mol. The normalized spacial score (nSPS) is 13.8. The fourth-order valence-electron chi connectivity index (χ4n) is 2.92. The number of hydrogen-bond acceptors (Lipinski definition) is 4. The van der Waals surface area contributed by atoms with E-state index in [1.54, 1.807) is 12.1 Å². The summed E-state index contributed by atoms with van der Waals surface area (Å²) in [6.45, 7) is 6.30. The van der Waals surface area contributed by atoms with E-state index in [2.05, 4.69) is 30.7 Å². The maximum atomic E-state index is 13.0. The highest BCUT2D eigenvalue weighted by molar-refractivity contribution is 7.89. The van der Waals surface area contributed by atoms with Crippen LogP contribution in [0.4, 0.5) is 0 Å². The number of hydrogen-bond donors (Lipinski definition) is 1. The van der Waals surface area contributed by atoms with E-state index in [1.165, 1.54) is 25.8 Å². The first kappa shape index (κ1) is 21.3. The van der Waals surface area contributed by atoms with E-state index < -0.39 is 10.0 Å². The van der Waals surface area contributed by atoms with Crippen molar-refractivity contribution in [2.45, 2.75) is 50.5 Å². The van der Waals surface area contributed by atoms with Crippen LogP contribution >= 0.6 is 0 Å². The summed E-state index contributed by atoms with van der Waals surface area (Å²) in [5.74, 6) is 1.23. The quantitative estimate of drug-likeness (QED) is 0.676. The van der Waals surface area contributed by atoms with Crippen LogP contribution in [0, 0.1) is 0 Å². The highest BCUT2D eigenvalue weighted by Crippen LogP contribution is 2.30. The highest BCUT2D eigenvalue weighted by atomic mass is 32.2. The van der Waals surface area contributed by atoms with Crippen molar-refractivity contribution in [3.05, 3.63) is 53.6 Å². The predicted octanol–water partition coefficient (Wildman–Crippen LogP) is 4.65. The Balaban J connectivity index is 2.32. The number of methoxy groups -OCH3 is 2. The summed E-state index contributed by atoms with van der Waals surface area (Å²) in [5.41, 5.74) is 2.20. The molecule has 0 aromatic heterocycles. The smallest absolute Gasteiger partial charge is 0.244 e. The molecule has 2 rings (SSSR count). The van der Waals surface area contributed by atoms with Crippen molar-refractivity contribution in [3.8, 4) is 11.5 Å². The third kappa shape index (κ3) is 5.02. The maximum Gasteiger partial charge on any atom is 0.244 e. The van der Waals surface area contributed by atoms with E-state index in [0.717, 1.165) is 12.0 Å². The monoisotopic (exact) mass is 391 g/mol. The topological polar surface area (TPSA) is 64.6 Å². The second-order valence-electron chi connectivity index (χ2n) is 6.57.